The topological polar surface area (TPSA) is 91.8 Å². The van der Waals surface area contributed by atoms with Gasteiger partial charge in [-0.2, -0.15) is 0 Å². The van der Waals surface area contributed by atoms with Crippen LogP contribution in [0.15, 0.2) is 34.1 Å². The van der Waals surface area contributed by atoms with Crippen LogP contribution in [0.5, 0.6) is 0 Å². The van der Waals surface area contributed by atoms with E-state index in [-0.39, 0.29) is 0 Å². The highest BCUT2D eigenvalue weighted by atomic mass is 32.3. The molecule has 6 nitrogen and oxygen atoms in total. The first-order chi connectivity index (χ1) is 6.38. The van der Waals surface area contributed by atoms with E-state index in [0.717, 1.165) is 12.1 Å². The van der Waals surface area contributed by atoms with Crippen molar-refractivity contribution in [1.29, 1.82) is 0 Å². The lowest BCUT2D eigenvalue weighted by atomic mass is 10.4. The SMILES string of the molecule is O=S1(=O)c2ccccc2S(=O)(=O)N1O. The summed E-state index contributed by atoms with van der Waals surface area (Å²) in [5.74, 6) is 0. The molecule has 1 aromatic carbocycles. The Kier molecular flexibility index (Phi) is 1.74. The molecule has 2 rings (SSSR count). The zero-order chi connectivity index (χ0) is 10.6. The van der Waals surface area contributed by atoms with E-state index in [1.807, 2.05) is 0 Å². The lowest BCUT2D eigenvalue weighted by Crippen LogP contribution is -2.26. The third kappa shape index (κ3) is 0.960. The van der Waals surface area contributed by atoms with Gasteiger partial charge in [0.25, 0.3) is 20.0 Å². The molecule has 14 heavy (non-hydrogen) atoms. The summed E-state index contributed by atoms with van der Waals surface area (Å²) >= 11 is 0. The average Bonchev–Trinajstić information content (AvgIpc) is 2.28. The normalized spacial score (nSPS) is 23.2. The summed E-state index contributed by atoms with van der Waals surface area (Å²) in [5.41, 5.74) is 0. The van der Waals surface area contributed by atoms with Crippen molar-refractivity contribution >= 4 is 20.0 Å². The van der Waals surface area contributed by atoms with Gasteiger partial charge in [-0.25, -0.2) is 16.8 Å². The highest BCUT2D eigenvalue weighted by Gasteiger charge is 2.46. The van der Waals surface area contributed by atoms with Crippen molar-refractivity contribution in [2.24, 2.45) is 0 Å². The van der Waals surface area contributed by atoms with Gasteiger partial charge in [-0.1, -0.05) is 12.1 Å². The smallest absolute Gasteiger partial charge is 0.280 e. The van der Waals surface area contributed by atoms with Crippen LogP contribution in [0.3, 0.4) is 0 Å². The second-order valence-electron chi connectivity index (χ2n) is 2.63. The first kappa shape index (κ1) is 9.59. The molecule has 1 heterocycles. The molecule has 0 radical (unpaired) electrons. The van der Waals surface area contributed by atoms with Gasteiger partial charge in [0, 0.05) is 3.87 Å². The lowest BCUT2D eigenvalue weighted by molar-refractivity contribution is 0.0977. The highest BCUT2D eigenvalue weighted by molar-refractivity contribution is 8.06. The van der Waals surface area contributed by atoms with Gasteiger partial charge in [-0.15, -0.1) is 0 Å². The van der Waals surface area contributed by atoms with Gasteiger partial charge in [-0.05, 0) is 12.1 Å². The molecule has 1 aliphatic rings. The maximum absolute atomic E-state index is 11.3. The first-order valence-corrected chi connectivity index (χ1v) is 6.35. The van der Waals surface area contributed by atoms with Crippen LogP contribution in [0.2, 0.25) is 0 Å². The number of hydrogen-bond donors (Lipinski definition) is 1. The standard InChI is InChI=1S/C6H5NO5S2/c8-7-13(9,10)5-3-1-2-4-6(5)14(7,11)12/h1-4,8H. The van der Waals surface area contributed by atoms with Crippen molar-refractivity contribution in [3.63, 3.8) is 0 Å². The number of nitrogens with zero attached hydrogens (tertiary/aromatic N) is 1. The van der Waals surface area contributed by atoms with Crippen LogP contribution in [-0.4, -0.2) is 25.9 Å². The van der Waals surface area contributed by atoms with E-state index in [2.05, 4.69) is 0 Å². The van der Waals surface area contributed by atoms with E-state index in [4.69, 9.17) is 5.21 Å². The Labute approximate surface area is 80.5 Å². The van der Waals surface area contributed by atoms with E-state index >= 15 is 0 Å². The van der Waals surface area contributed by atoms with Gasteiger partial charge in [-0.3, -0.25) is 5.21 Å². The van der Waals surface area contributed by atoms with Crippen molar-refractivity contribution in [2.45, 2.75) is 9.79 Å². The predicted molar refractivity (Wildman–Crippen MR) is 44.4 cm³/mol. The molecule has 0 bridgehead atoms. The van der Waals surface area contributed by atoms with Crippen molar-refractivity contribution in [3.8, 4) is 0 Å². The fourth-order valence-corrected chi connectivity index (χ4v) is 4.80. The van der Waals surface area contributed by atoms with Crippen LogP contribution in [0.1, 0.15) is 0 Å². The summed E-state index contributed by atoms with van der Waals surface area (Å²) in [6, 6.07) is 5.01. The third-order valence-corrected chi connectivity index (χ3v) is 5.77. The van der Waals surface area contributed by atoms with Crippen LogP contribution in [0.25, 0.3) is 0 Å². The number of hydrogen-bond acceptors (Lipinski definition) is 5. The van der Waals surface area contributed by atoms with Gasteiger partial charge in [0.1, 0.15) is 9.79 Å². The van der Waals surface area contributed by atoms with Crippen molar-refractivity contribution < 1.29 is 22.0 Å². The Morgan fingerprint density at radius 2 is 1.29 bits per heavy atom. The summed E-state index contributed by atoms with van der Waals surface area (Å²) < 4.78 is 44.6. The molecule has 0 saturated heterocycles. The Balaban J connectivity index is 2.98. The van der Waals surface area contributed by atoms with E-state index < -0.39 is 33.7 Å². The molecule has 0 amide bonds. The summed E-state index contributed by atoms with van der Waals surface area (Å²) in [7, 11) is -8.58. The van der Waals surface area contributed by atoms with E-state index in [0.29, 0.717) is 0 Å². The maximum Gasteiger partial charge on any atom is 0.280 e. The summed E-state index contributed by atoms with van der Waals surface area (Å²) in [6.45, 7) is 0. The van der Waals surface area contributed by atoms with E-state index in [1.165, 1.54) is 12.1 Å². The van der Waals surface area contributed by atoms with E-state index in [1.54, 1.807) is 0 Å². The Morgan fingerprint density at radius 3 is 1.64 bits per heavy atom. The van der Waals surface area contributed by atoms with Crippen LogP contribution >= 0.6 is 0 Å². The fraction of sp³-hybridized carbons (Fsp3) is 0. The monoisotopic (exact) mass is 235 g/mol. The van der Waals surface area contributed by atoms with Crippen molar-refractivity contribution in [1.82, 2.24) is 3.87 Å². The molecule has 0 aromatic heterocycles. The van der Waals surface area contributed by atoms with Gasteiger partial charge in [0.15, 0.2) is 0 Å². The minimum atomic E-state index is -4.29. The zero-order valence-electron chi connectivity index (χ0n) is 6.65. The molecule has 1 aromatic rings. The number of sulfonamides is 2. The largest absolute Gasteiger partial charge is 0.285 e. The number of fused-ring (bicyclic) bond motifs is 1. The quantitative estimate of drug-likeness (QED) is 0.670. The van der Waals surface area contributed by atoms with Gasteiger partial charge < -0.3 is 0 Å². The Bertz CT molecular complexity index is 535. The van der Waals surface area contributed by atoms with Gasteiger partial charge >= 0.3 is 0 Å². The predicted octanol–water partition coefficient (Wildman–Crippen LogP) is -0.231. The van der Waals surface area contributed by atoms with Crippen LogP contribution < -0.4 is 0 Å². The second kappa shape index (κ2) is 2.54. The minimum Gasteiger partial charge on any atom is -0.285 e. The van der Waals surface area contributed by atoms with Crippen molar-refractivity contribution in [3.05, 3.63) is 24.3 Å². The Hall–Kier alpha value is -0.960. The molecule has 1 aliphatic heterocycles. The molecular formula is C6H5NO5S2. The third-order valence-electron chi connectivity index (χ3n) is 1.82. The molecule has 0 atom stereocenters. The van der Waals surface area contributed by atoms with Crippen LogP contribution in [0, 0.1) is 0 Å². The van der Waals surface area contributed by atoms with Crippen molar-refractivity contribution in [2.75, 3.05) is 0 Å². The van der Waals surface area contributed by atoms with Crippen LogP contribution in [0.4, 0.5) is 0 Å². The summed E-state index contributed by atoms with van der Waals surface area (Å²) in [4.78, 5) is -0.801. The molecule has 0 spiro atoms. The first-order valence-electron chi connectivity index (χ1n) is 3.47. The summed E-state index contributed by atoms with van der Waals surface area (Å²) in [6.07, 6.45) is 0. The number of benzene rings is 1. The lowest BCUT2D eigenvalue weighted by Gasteiger charge is -2.02. The summed E-state index contributed by atoms with van der Waals surface area (Å²) in [5, 5.41) is 8.96. The molecule has 0 aliphatic carbocycles. The number of rotatable bonds is 0. The molecule has 0 saturated carbocycles. The Morgan fingerprint density at radius 1 is 0.929 bits per heavy atom. The average molecular weight is 235 g/mol. The molecule has 1 N–H and O–H groups in total. The van der Waals surface area contributed by atoms with Gasteiger partial charge in [0.2, 0.25) is 0 Å². The maximum atomic E-state index is 11.3. The second-order valence-corrected chi connectivity index (χ2v) is 6.34. The molecule has 0 unspecified atom stereocenters. The van der Waals surface area contributed by atoms with Crippen LogP contribution in [-0.2, 0) is 20.0 Å². The fourth-order valence-electron chi connectivity index (χ4n) is 1.17. The molecule has 8 heteroatoms. The molecule has 0 fully saturated rings. The highest BCUT2D eigenvalue weighted by Crippen LogP contribution is 2.34. The zero-order valence-corrected chi connectivity index (χ0v) is 8.29. The van der Waals surface area contributed by atoms with Gasteiger partial charge in [0.05, 0.1) is 0 Å². The minimum absolute atomic E-state index is 0.400. The molecular weight excluding hydrogens is 230 g/mol. The molecule has 76 valence electrons. The van der Waals surface area contributed by atoms with E-state index in [9.17, 15) is 16.8 Å².